The summed E-state index contributed by atoms with van der Waals surface area (Å²) in [6.45, 7) is 6.68. The van der Waals surface area contributed by atoms with Gasteiger partial charge in [-0.05, 0) is 51.1 Å². The molecule has 1 spiro atoms. The largest absolute Gasteiger partial charge is 0.458 e. The zero-order chi connectivity index (χ0) is 18.9. The van der Waals surface area contributed by atoms with Crippen LogP contribution < -0.4 is 5.32 Å². The molecule has 1 atom stereocenters. The first-order valence-corrected chi connectivity index (χ1v) is 10.4. The van der Waals surface area contributed by atoms with Crippen LogP contribution in [0.3, 0.4) is 0 Å². The van der Waals surface area contributed by atoms with E-state index in [-0.39, 0.29) is 24.2 Å². The lowest BCUT2D eigenvalue weighted by Gasteiger charge is -2.27. The quantitative estimate of drug-likeness (QED) is 0.798. The normalized spacial score (nSPS) is 24.6. The molecule has 148 valence electrons. The fraction of sp³-hybridized carbons (Fsp3) is 0.750. The van der Waals surface area contributed by atoms with Crippen LogP contribution in [-0.2, 0) is 34.0 Å². The van der Waals surface area contributed by atoms with Gasteiger partial charge in [0.25, 0.3) is 0 Å². The Hall–Kier alpha value is -1.89. The topological polar surface area (TPSA) is 76.5 Å². The van der Waals surface area contributed by atoms with Crippen molar-refractivity contribution in [3.8, 4) is 0 Å². The van der Waals surface area contributed by atoms with Gasteiger partial charge in [-0.1, -0.05) is 6.92 Å². The van der Waals surface area contributed by atoms with Gasteiger partial charge in [0.1, 0.15) is 5.60 Å². The van der Waals surface area contributed by atoms with E-state index in [1.807, 2.05) is 0 Å². The van der Waals surface area contributed by atoms with Crippen LogP contribution in [0.1, 0.15) is 63.3 Å². The summed E-state index contributed by atoms with van der Waals surface area (Å²) in [7, 11) is 0. The molecular formula is C20H30N4O3. The van der Waals surface area contributed by atoms with Crippen LogP contribution in [0.25, 0.3) is 0 Å². The van der Waals surface area contributed by atoms with E-state index in [0.29, 0.717) is 6.54 Å². The minimum atomic E-state index is -0.548. The van der Waals surface area contributed by atoms with Gasteiger partial charge in [-0.25, -0.2) is 0 Å². The van der Waals surface area contributed by atoms with Crippen molar-refractivity contribution in [2.45, 2.75) is 77.1 Å². The highest BCUT2D eigenvalue weighted by molar-refractivity contribution is 5.87. The van der Waals surface area contributed by atoms with Crippen molar-refractivity contribution in [2.75, 3.05) is 13.1 Å². The Morgan fingerprint density at radius 2 is 2.15 bits per heavy atom. The summed E-state index contributed by atoms with van der Waals surface area (Å²) in [5.74, 6) is -0.659. The van der Waals surface area contributed by atoms with Crippen molar-refractivity contribution in [1.29, 1.82) is 0 Å². The van der Waals surface area contributed by atoms with E-state index in [1.54, 1.807) is 0 Å². The monoisotopic (exact) mass is 374 g/mol. The first kappa shape index (κ1) is 18.5. The smallest absolute Gasteiger partial charge is 0.307 e. The Morgan fingerprint density at radius 1 is 1.33 bits per heavy atom. The van der Waals surface area contributed by atoms with Gasteiger partial charge >= 0.3 is 5.97 Å². The number of nitrogens with zero attached hydrogens (tertiary/aromatic N) is 3. The molecular weight excluding hydrogens is 344 g/mol. The number of carbonyl (C=O) groups is 2. The molecule has 1 aliphatic carbocycles. The molecule has 4 rings (SSSR count). The molecule has 0 bridgehead atoms. The number of fused-ring (bicyclic) bond motifs is 1. The third-order valence-electron chi connectivity index (χ3n) is 6.22. The maximum Gasteiger partial charge on any atom is 0.307 e. The summed E-state index contributed by atoms with van der Waals surface area (Å²) in [6.07, 6.45) is 6.13. The molecule has 1 N–H and O–H groups in total. The Kier molecular flexibility index (Phi) is 5.21. The molecule has 2 aliphatic heterocycles. The van der Waals surface area contributed by atoms with Gasteiger partial charge in [0.2, 0.25) is 5.91 Å². The number of carbonyl (C=O) groups excluding carboxylic acids is 2. The summed E-state index contributed by atoms with van der Waals surface area (Å²) in [5, 5.41) is 7.70. The fourth-order valence-electron chi connectivity index (χ4n) is 4.93. The summed E-state index contributed by atoms with van der Waals surface area (Å²) in [5.41, 5.74) is 1.56. The van der Waals surface area contributed by atoms with Crippen LogP contribution in [-0.4, -0.2) is 45.2 Å². The number of ether oxygens (including phenoxy) is 1. The Morgan fingerprint density at radius 3 is 2.93 bits per heavy atom. The molecule has 3 heterocycles. The van der Waals surface area contributed by atoms with Gasteiger partial charge in [-0.2, -0.15) is 5.10 Å². The van der Waals surface area contributed by atoms with Crippen LogP contribution in [0.5, 0.6) is 0 Å². The van der Waals surface area contributed by atoms with Gasteiger partial charge in [0.05, 0.1) is 30.3 Å². The highest BCUT2D eigenvalue weighted by atomic mass is 16.6. The van der Waals surface area contributed by atoms with E-state index in [1.165, 1.54) is 5.69 Å². The van der Waals surface area contributed by atoms with E-state index in [9.17, 15) is 9.59 Å². The SMILES string of the molecule is CCCN1CCCn2nc(CNC(=O)[C@@H]3CC(=O)OC34CCCC4)cc2C1. The number of hydrogen-bond acceptors (Lipinski definition) is 5. The van der Waals surface area contributed by atoms with Crippen molar-refractivity contribution in [1.82, 2.24) is 20.0 Å². The Labute approximate surface area is 160 Å². The van der Waals surface area contributed by atoms with E-state index < -0.39 is 5.60 Å². The molecule has 1 aromatic heterocycles. The minimum absolute atomic E-state index is 0.0708. The Balaban J connectivity index is 1.38. The number of esters is 1. The minimum Gasteiger partial charge on any atom is -0.458 e. The second-order valence-electron chi connectivity index (χ2n) is 8.20. The van der Waals surface area contributed by atoms with Gasteiger partial charge in [-0.15, -0.1) is 0 Å². The fourth-order valence-corrected chi connectivity index (χ4v) is 4.93. The lowest BCUT2D eigenvalue weighted by molar-refractivity contribution is -0.150. The number of hydrogen-bond donors (Lipinski definition) is 1. The molecule has 1 saturated carbocycles. The second kappa shape index (κ2) is 7.62. The van der Waals surface area contributed by atoms with E-state index in [4.69, 9.17) is 4.74 Å². The lowest BCUT2D eigenvalue weighted by atomic mass is 9.85. The molecule has 1 amide bonds. The molecule has 3 aliphatic rings. The first-order chi connectivity index (χ1) is 13.1. The van der Waals surface area contributed by atoms with Gasteiger partial charge in [0, 0.05) is 19.6 Å². The predicted octanol–water partition coefficient (Wildman–Crippen LogP) is 1.99. The molecule has 0 aromatic carbocycles. The summed E-state index contributed by atoms with van der Waals surface area (Å²) in [4.78, 5) is 27.1. The van der Waals surface area contributed by atoms with Crippen LogP contribution >= 0.6 is 0 Å². The predicted molar refractivity (Wildman–Crippen MR) is 99.7 cm³/mol. The van der Waals surface area contributed by atoms with E-state index >= 15 is 0 Å². The molecule has 1 saturated heterocycles. The lowest BCUT2D eigenvalue weighted by Crippen LogP contribution is -2.42. The maximum atomic E-state index is 12.8. The van der Waals surface area contributed by atoms with Gasteiger partial charge in [0.15, 0.2) is 0 Å². The van der Waals surface area contributed by atoms with E-state index in [2.05, 4.69) is 33.0 Å². The van der Waals surface area contributed by atoms with Crippen LogP contribution in [0.4, 0.5) is 0 Å². The third-order valence-corrected chi connectivity index (χ3v) is 6.22. The van der Waals surface area contributed by atoms with Crippen molar-refractivity contribution < 1.29 is 14.3 Å². The number of amides is 1. The van der Waals surface area contributed by atoms with Crippen molar-refractivity contribution >= 4 is 11.9 Å². The molecule has 7 nitrogen and oxygen atoms in total. The number of aromatic nitrogens is 2. The highest BCUT2D eigenvalue weighted by Crippen LogP contribution is 2.45. The highest BCUT2D eigenvalue weighted by Gasteiger charge is 2.53. The third kappa shape index (κ3) is 3.74. The standard InChI is InChI=1S/C20H30N4O3/c1-2-8-23-9-5-10-24-16(14-23)11-15(22-24)13-21-19(26)17-12-18(25)27-20(17)6-3-4-7-20/h11,17H,2-10,12-14H2,1H3,(H,21,26)/t17-/m0/s1. The van der Waals surface area contributed by atoms with Crippen LogP contribution in [0, 0.1) is 5.92 Å². The summed E-state index contributed by atoms with van der Waals surface area (Å²) < 4.78 is 7.67. The molecule has 0 radical (unpaired) electrons. The van der Waals surface area contributed by atoms with Crippen molar-refractivity contribution in [3.63, 3.8) is 0 Å². The molecule has 7 heteroatoms. The second-order valence-corrected chi connectivity index (χ2v) is 8.20. The summed E-state index contributed by atoms with van der Waals surface area (Å²) >= 11 is 0. The zero-order valence-electron chi connectivity index (χ0n) is 16.2. The van der Waals surface area contributed by atoms with Crippen LogP contribution in [0.15, 0.2) is 6.07 Å². The molecule has 27 heavy (non-hydrogen) atoms. The van der Waals surface area contributed by atoms with Crippen molar-refractivity contribution in [3.05, 3.63) is 17.5 Å². The number of rotatable bonds is 5. The average molecular weight is 374 g/mol. The first-order valence-electron chi connectivity index (χ1n) is 10.4. The maximum absolute atomic E-state index is 12.8. The van der Waals surface area contributed by atoms with Crippen LogP contribution in [0.2, 0.25) is 0 Å². The van der Waals surface area contributed by atoms with E-state index in [0.717, 1.165) is 70.4 Å². The van der Waals surface area contributed by atoms with Gasteiger partial charge in [-0.3, -0.25) is 19.2 Å². The zero-order valence-corrected chi connectivity index (χ0v) is 16.2. The molecule has 1 aromatic rings. The van der Waals surface area contributed by atoms with Gasteiger partial charge < -0.3 is 10.1 Å². The number of nitrogens with one attached hydrogen (secondary N) is 1. The number of aryl methyl sites for hydroxylation is 1. The summed E-state index contributed by atoms with van der Waals surface area (Å²) in [6, 6.07) is 2.11. The average Bonchev–Trinajstić information content (AvgIpc) is 3.31. The van der Waals surface area contributed by atoms with Crippen molar-refractivity contribution in [2.24, 2.45) is 5.92 Å². The molecule has 0 unspecified atom stereocenters. The molecule has 2 fully saturated rings. The Bertz CT molecular complexity index is 708.